The molecule has 0 fully saturated rings. The van der Waals surface area contributed by atoms with Gasteiger partial charge in [-0.15, -0.1) is 21.5 Å². The van der Waals surface area contributed by atoms with Crippen LogP contribution in [0, 0.1) is 0 Å². The van der Waals surface area contributed by atoms with Crippen LogP contribution in [0.4, 0.5) is 10.8 Å². The van der Waals surface area contributed by atoms with Crippen molar-refractivity contribution in [2.24, 2.45) is 0 Å². The topological polar surface area (TPSA) is 93.2 Å². The lowest BCUT2D eigenvalue weighted by Crippen LogP contribution is -2.31. The van der Waals surface area contributed by atoms with Gasteiger partial charge in [0.05, 0.1) is 17.7 Å². The summed E-state index contributed by atoms with van der Waals surface area (Å²) >= 11 is 3.84. The molecule has 0 saturated heterocycles. The quantitative estimate of drug-likeness (QED) is 0.581. The second-order valence-corrected chi connectivity index (χ2v) is 8.02. The van der Waals surface area contributed by atoms with Crippen LogP contribution in [0.3, 0.4) is 0 Å². The van der Waals surface area contributed by atoms with Crippen molar-refractivity contribution in [3.05, 3.63) is 46.7 Å². The fourth-order valence-corrected chi connectivity index (χ4v) is 4.09. The molecule has 2 N–H and O–H groups in total. The average Bonchev–Trinajstić information content (AvgIpc) is 3.32. The number of nitrogens with one attached hydrogen (secondary N) is 2. The minimum absolute atomic E-state index is 0.0882. The van der Waals surface area contributed by atoms with E-state index >= 15 is 0 Å². The maximum atomic E-state index is 11.9. The van der Waals surface area contributed by atoms with Gasteiger partial charge < -0.3 is 10.1 Å². The van der Waals surface area contributed by atoms with Gasteiger partial charge in [-0.1, -0.05) is 35.2 Å². The highest BCUT2D eigenvalue weighted by Crippen LogP contribution is 2.28. The van der Waals surface area contributed by atoms with Crippen LogP contribution in [0.2, 0.25) is 0 Å². The van der Waals surface area contributed by atoms with E-state index in [1.54, 1.807) is 24.6 Å². The minimum atomic E-state index is -0.386. The van der Waals surface area contributed by atoms with E-state index in [9.17, 15) is 9.59 Å². The van der Waals surface area contributed by atoms with E-state index in [2.05, 4.69) is 20.8 Å². The van der Waals surface area contributed by atoms with E-state index in [4.69, 9.17) is 4.74 Å². The Hall–Kier alpha value is -2.43. The van der Waals surface area contributed by atoms with Gasteiger partial charge in [-0.2, -0.15) is 0 Å². The molecule has 0 spiro atoms. The van der Waals surface area contributed by atoms with Crippen molar-refractivity contribution in [2.75, 3.05) is 18.2 Å². The van der Waals surface area contributed by atoms with E-state index in [0.717, 1.165) is 11.4 Å². The summed E-state index contributed by atoms with van der Waals surface area (Å²) in [6.45, 7) is 0. The number of benzene rings is 1. The molecule has 0 aliphatic carbocycles. The van der Waals surface area contributed by atoms with E-state index in [0.29, 0.717) is 14.3 Å². The monoisotopic (exact) mass is 406 g/mol. The summed E-state index contributed by atoms with van der Waals surface area (Å²) in [5.41, 5.74) is 0.830. The third-order valence-electron chi connectivity index (χ3n) is 3.05. The first kappa shape index (κ1) is 18.4. The van der Waals surface area contributed by atoms with E-state index < -0.39 is 0 Å². The third kappa shape index (κ3) is 5.04. The Morgan fingerprint density at radius 2 is 2.12 bits per heavy atom. The number of imide groups is 1. The predicted octanol–water partition coefficient (Wildman–Crippen LogP) is 3.40. The van der Waals surface area contributed by atoms with Crippen LogP contribution in [0.1, 0.15) is 9.67 Å². The third-order valence-corrected chi connectivity index (χ3v) is 5.89. The fraction of sp³-hybridized carbons (Fsp3) is 0.125. The lowest BCUT2D eigenvalue weighted by atomic mass is 10.3. The summed E-state index contributed by atoms with van der Waals surface area (Å²) in [6, 6.07) is 10.9. The average molecular weight is 407 g/mol. The highest BCUT2D eigenvalue weighted by atomic mass is 32.2. The molecule has 0 unspecified atom stereocenters. The standard InChI is InChI=1S/C16H14N4O3S3/c1-23-11-5-2-4-10(8-11)17-15-19-20-16(26-15)25-9-13(21)18-14(22)12-6-3-7-24-12/h2-8H,9H2,1H3,(H,17,19)(H,18,21,22). The number of thioether (sulfide) groups is 1. The zero-order valence-electron chi connectivity index (χ0n) is 13.6. The van der Waals surface area contributed by atoms with Gasteiger partial charge in [0, 0.05) is 11.8 Å². The molecule has 0 aliphatic rings. The van der Waals surface area contributed by atoms with E-state index in [-0.39, 0.29) is 17.6 Å². The number of thiophene rings is 1. The van der Waals surface area contributed by atoms with E-state index in [1.165, 1.54) is 34.4 Å². The van der Waals surface area contributed by atoms with Crippen LogP contribution < -0.4 is 15.4 Å². The summed E-state index contributed by atoms with van der Waals surface area (Å²) < 4.78 is 5.81. The normalized spacial score (nSPS) is 10.3. The Balaban J connectivity index is 1.50. The molecular formula is C16H14N4O3S3. The van der Waals surface area contributed by atoms with Crippen LogP contribution in [-0.2, 0) is 4.79 Å². The van der Waals surface area contributed by atoms with Crippen molar-refractivity contribution in [1.82, 2.24) is 15.5 Å². The first-order valence-electron chi connectivity index (χ1n) is 7.39. The Morgan fingerprint density at radius 3 is 2.88 bits per heavy atom. The van der Waals surface area contributed by atoms with Crippen LogP contribution >= 0.6 is 34.4 Å². The molecule has 10 heteroatoms. The summed E-state index contributed by atoms with van der Waals surface area (Å²) in [4.78, 5) is 24.2. The number of carbonyl (C=O) groups is 2. The molecule has 0 saturated carbocycles. The van der Waals surface area contributed by atoms with Crippen LogP contribution in [0.25, 0.3) is 0 Å². The maximum Gasteiger partial charge on any atom is 0.267 e. The molecule has 134 valence electrons. The Kier molecular flexibility index (Phi) is 6.21. The van der Waals surface area contributed by atoms with Gasteiger partial charge in [0.15, 0.2) is 4.34 Å². The molecule has 2 heterocycles. The summed E-state index contributed by atoms with van der Waals surface area (Å²) in [5, 5.41) is 16.0. The molecule has 7 nitrogen and oxygen atoms in total. The Bertz CT molecular complexity index is 896. The van der Waals surface area contributed by atoms with Gasteiger partial charge in [-0.3, -0.25) is 14.9 Å². The summed E-state index contributed by atoms with van der Waals surface area (Å²) in [7, 11) is 1.60. The molecule has 0 atom stereocenters. The van der Waals surface area contributed by atoms with Crippen LogP contribution in [0.15, 0.2) is 46.1 Å². The van der Waals surface area contributed by atoms with Crippen LogP contribution in [0.5, 0.6) is 5.75 Å². The number of amides is 2. The summed E-state index contributed by atoms with van der Waals surface area (Å²) in [5.74, 6) is 0.0700. The molecule has 26 heavy (non-hydrogen) atoms. The predicted molar refractivity (Wildman–Crippen MR) is 104 cm³/mol. The molecule has 0 aliphatic heterocycles. The van der Waals surface area contributed by atoms with Gasteiger partial charge in [-0.05, 0) is 23.6 Å². The van der Waals surface area contributed by atoms with Crippen molar-refractivity contribution in [1.29, 1.82) is 0 Å². The van der Waals surface area contributed by atoms with Crippen LogP contribution in [-0.4, -0.2) is 34.9 Å². The number of hydrogen-bond donors (Lipinski definition) is 2. The van der Waals surface area contributed by atoms with Crippen molar-refractivity contribution < 1.29 is 14.3 Å². The van der Waals surface area contributed by atoms with Gasteiger partial charge >= 0.3 is 0 Å². The number of aromatic nitrogens is 2. The number of carbonyl (C=O) groups excluding carboxylic acids is 2. The zero-order valence-corrected chi connectivity index (χ0v) is 16.0. The maximum absolute atomic E-state index is 11.9. The van der Waals surface area contributed by atoms with Gasteiger partial charge in [0.1, 0.15) is 5.75 Å². The number of hydrogen-bond acceptors (Lipinski definition) is 9. The molecule has 2 amide bonds. The molecule has 0 bridgehead atoms. The largest absolute Gasteiger partial charge is 0.497 e. The number of methoxy groups -OCH3 is 1. The van der Waals surface area contributed by atoms with Crippen molar-refractivity contribution in [3.63, 3.8) is 0 Å². The lowest BCUT2D eigenvalue weighted by molar-refractivity contribution is -0.117. The molecular weight excluding hydrogens is 392 g/mol. The zero-order chi connectivity index (χ0) is 18.4. The molecule has 2 aromatic heterocycles. The molecule has 0 radical (unpaired) electrons. The molecule has 1 aromatic carbocycles. The summed E-state index contributed by atoms with van der Waals surface area (Å²) in [6.07, 6.45) is 0. The fourth-order valence-electron chi connectivity index (χ4n) is 1.90. The Morgan fingerprint density at radius 1 is 1.23 bits per heavy atom. The second kappa shape index (κ2) is 8.79. The highest BCUT2D eigenvalue weighted by Gasteiger charge is 2.13. The highest BCUT2D eigenvalue weighted by molar-refractivity contribution is 8.01. The minimum Gasteiger partial charge on any atom is -0.497 e. The van der Waals surface area contributed by atoms with Gasteiger partial charge in [0.2, 0.25) is 11.0 Å². The smallest absolute Gasteiger partial charge is 0.267 e. The van der Waals surface area contributed by atoms with Crippen molar-refractivity contribution in [2.45, 2.75) is 4.34 Å². The Labute approximate surface area is 161 Å². The van der Waals surface area contributed by atoms with Gasteiger partial charge in [0.25, 0.3) is 5.91 Å². The number of anilines is 2. The van der Waals surface area contributed by atoms with Crippen molar-refractivity contribution in [3.8, 4) is 5.75 Å². The van der Waals surface area contributed by atoms with E-state index in [1.807, 2.05) is 24.3 Å². The molecule has 3 aromatic rings. The first-order valence-corrected chi connectivity index (χ1v) is 10.1. The van der Waals surface area contributed by atoms with Crippen molar-refractivity contribution >= 4 is 57.1 Å². The number of rotatable bonds is 7. The second-order valence-electron chi connectivity index (χ2n) is 4.87. The first-order chi connectivity index (χ1) is 12.6. The van der Waals surface area contributed by atoms with Gasteiger partial charge in [-0.25, -0.2) is 0 Å². The number of nitrogens with zero attached hydrogens (tertiary/aromatic N) is 2. The number of ether oxygens (including phenoxy) is 1. The molecule has 3 rings (SSSR count). The SMILES string of the molecule is COc1cccc(Nc2nnc(SCC(=O)NC(=O)c3cccs3)s2)c1. The lowest BCUT2D eigenvalue weighted by Gasteiger charge is -2.04.